The lowest BCUT2D eigenvalue weighted by Crippen LogP contribution is -2.35. The van der Waals surface area contributed by atoms with Gasteiger partial charge in [0.05, 0.1) is 0 Å². The third-order valence-electron chi connectivity index (χ3n) is 3.21. The SMILES string of the molecule is COCCCN1CC(C)Cc2ccccc21. The van der Waals surface area contributed by atoms with Crippen LogP contribution in [0.4, 0.5) is 5.69 Å². The van der Waals surface area contributed by atoms with Crippen molar-refractivity contribution in [2.45, 2.75) is 19.8 Å². The summed E-state index contributed by atoms with van der Waals surface area (Å²) in [5.41, 5.74) is 2.93. The third-order valence-corrected chi connectivity index (χ3v) is 3.21. The summed E-state index contributed by atoms with van der Waals surface area (Å²) in [5, 5.41) is 0. The van der Waals surface area contributed by atoms with E-state index in [9.17, 15) is 0 Å². The molecule has 0 amide bonds. The van der Waals surface area contributed by atoms with Gasteiger partial charge in [0, 0.05) is 32.5 Å². The lowest BCUT2D eigenvalue weighted by Gasteiger charge is -2.34. The Balaban J connectivity index is 2.07. The average molecular weight is 219 g/mol. The van der Waals surface area contributed by atoms with Gasteiger partial charge in [0.15, 0.2) is 0 Å². The lowest BCUT2D eigenvalue weighted by molar-refractivity contribution is 0.195. The van der Waals surface area contributed by atoms with Gasteiger partial charge in [0.2, 0.25) is 0 Å². The van der Waals surface area contributed by atoms with Gasteiger partial charge < -0.3 is 9.64 Å². The summed E-state index contributed by atoms with van der Waals surface area (Å²) in [6.45, 7) is 5.47. The van der Waals surface area contributed by atoms with Crippen molar-refractivity contribution in [2.24, 2.45) is 5.92 Å². The van der Waals surface area contributed by atoms with Crippen LogP contribution < -0.4 is 4.90 Å². The fourth-order valence-corrected chi connectivity index (χ4v) is 2.52. The first kappa shape index (κ1) is 11.5. The molecule has 1 atom stereocenters. The number of rotatable bonds is 4. The Kier molecular flexibility index (Phi) is 3.83. The van der Waals surface area contributed by atoms with Crippen LogP contribution in [0.5, 0.6) is 0 Å². The zero-order chi connectivity index (χ0) is 11.4. The number of fused-ring (bicyclic) bond motifs is 1. The highest BCUT2D eigenvalue weighted by Crippen LogP contribution is 2.29. The quantitative estimate of drug-likeness (QED) is 0.722. The minimum Gasteiger partial charge on any atom is -0.385 e. The fraction of sp³-hybridized carbons (Fsp3) is 0.571. The van der Waals surface area contributed by atoms with Crippen LogP contribution >= 0.6 is 0 Å². The maximum Gasteiger partial charge on any atom is 0.0479 e. The number of hydrogen-bond acceptors (Lipinski definition) is 2. The van der Waals surface area contributed by atoms with E-state index >= 15 is 0 Å². The summed E-state index contributed by atoms with van der Waals surface area (Å²) in [6.07, 6.45) is 2.33. The summed E-state index contributed by atoms with van der Waals surface area (Å²) in [6, 6.07) is 8.78. The minimum atomic E-state index is 0.762. The molecule has 88 valence electrons. The summed E-state index contributed by atoms with van der Waals surface area (Å²) < 4.78 is 5.12. The molecular weight excluding hydrogens is 198 g/mol. The summed E-state index contributed by atoms with van der Waals surface area (Å²) in [4.78, 5) is 2.50. The van der Waals surface area contributed by atoms with Crippen LogP contribution in [0.2, 0.25) is 0 Å². The van der Waals surface area contributed by atoms with Gasteiger partial charge in [-0.3, -0.25) is 0 Å². The zero-order valence-corrected chi connectivity index (χ0v) is 10.3. The molecule has 0 fully saturated rings. The molecule has 0 saturated heterocycles. The highest BCUT2D eigenvalue weighted by Gasteiger charge is 2.20. The predicted octanol–water partition coefficient (Wildman–Crippen LogP) is 2.72. The van der Waals surface area contributed by atoms with E-state index in [4.69, 9.17) is 4.74 Å². The summed E-state index contributed by atoms with van der Waals surface area (Å²) in [5.74, 6) is 0.762. The molecule has 0 saturated carbocycles. The Morgan fingerprint density at radius 1 is 1.38 bits per heavy atom. The van der Waals surface area contributed by atoms with Crippen LogP contribution in [-0.4, -0.2) is 26.8 Å². The van der Waals surface area contributed by atoms with Crippen molar-refractivity contribution in [3.63, 3.8) is 0 Å². The van der Waals surface area contributed by atoms with Gasteiger partial charge in [0.1, 0.15) is 0 Å². The summed E-state index contributed by atoms with van der Waals surface area (Å²) in [7, 11) is 1.77. The van der Waals surface area contributed by atoms with Crippen molar-refractivity contribution in [1.82, 2.24) is 0 Å². The van der Waals surface area contributed by atoms with E-state index in [1.807, 2.05) is 0 Å². The second kappa shape index (κ2) is 5.35. The molecule has 2 rings (SSSR count). The van der Waals surface area contributed by atoms with Crippen molar-refractivity contribution >= 4 is 5.69 Å². The normalized spacial score (nSPS) is 19.6. The van der Waals surface area contributed by atoms with E-state index in [0.29, 0.717) is 0 Å². The van der Waals surface area contributed by atoms with E-state index in [1.54, 1.807) is 7.11 Å². The van der Waals surface area contributed by atoms with Crippen molar-refractivity contribution in [3.05, 3.63) is 29.8 Å². The number of hydrogen-bond donors (Lipinski definition) is 0. The number of ether oxygens (including phenoxy) is 1. The number of methoxy groups -OCH3 is 1. The maximum absolute atomic E-state index is 5.12. The van der Waals surface area contributed by atoms with E-state index in [-0.39, 0.29) is 0 Å². The highest BCUT2D eigenvalue weighted by atomic mass is 16.5. The van der Waals surface area contributed by atoms with Gasteiger partial charge in [-0.25, -0.2) is 0 Å². The monoisotopic (exact) mass is 219 g/mol. The smallest absolute Gasteiger partial charge is 0.0479 e. The molecule has 1 aromatic rings. The van der Waals surface area contributed by atoms with Crippen LogP contribution in [0.25, 0.3) is 0 Å². The molecular formula is C14H21NO. The van der Waals surface area contributed by atoms with Gasteiger partial charge in [-0.2, -0.15) is 0 Å². The van der Waals surface area contributed by atoms with Crippen molar-refractivity contribution < 1.29 is 4.74 Å². The van der Waals surface area contributed by atoms with E-state index < -0.39 is 0 Å². The summed E-state index contributed by atoms with van der Waals surface area (Å²) >= 11 is 0. The predicted molar refractivity (Wildman–Crippen MR) is 68.0 cm³/mol. The first-order valence-corrected chi connectivity index (χ1v) is 6.13. The van der Waals surface area contributed by atoms with Gasteiger partial charge in [0.25, 0.3) is 0 Å². The van der Waals surface area contributed by atoms with Crippen LogP contribution in [0.15, 0.2) is 24.3 Å². The number of nitrogens with zero attached hydrogens (tertiary/aromatic N) is 1. The van der Waals surface area contributed by atoms with Crippen LogP contribution in [-0.2, 0) is 11.2 Å². The Bertz CT molecular complexity index is 337. The zero-order valence-electron chi connectivity index (χ0n) is 10.3. The molecule has 2 heteroatoms. The number of para-hydroxylation sites is 1. The van der Waals surface area contributed by atoms with Crippen molar-refractivity contribution in [2.75, 3.05) is 31.7 Å². The first-order valence-electron chi connectivity index (χ1n) is 6.13. The second-order valence-electron chi connectivity index (χ2n) is 4.73. The standard InChI is InChI=1S/C14H21NO/c1-12-10-13-6-3-4-7-14(13)15(11-12)8-5-9-16-2/h3-4,6-7,12H,5,8-11H2,1-2H3. The molecule has 0 aliphatic carbocycles. The Morgan fingerprint density at radius 3 is 3.00 bits per heavy atom. The molecule has 1 aliphatic heterocycles. The molecule has 0 aromatic heterocycles. The molecule has 2 nitrogen and oxygen atoms in total. The van der Waals surface area contributed by atoms with Gasteiger partial charge in [-0.05, 0) is 30.4 Å². The van der Waals surface area contributed by atoms with Gasteiger partial charge >= 0.3 is 0 Å². The Morgan fingerprint density at radius 2 is 2.19 bits per heavy atom. The molecule has 1 aliphatic rings. The van der Waals surface area contributed by atoms with Gasteiger partial charge in [-0.15, -0.1) is 0 Å². The van der Waals surface area contributed by atoms with E-state index in [1.165, 1.54) is 24.2 Å². The largest absolute Gasteiger partial charge is 0.385 e. The molecule has 16 heavy (non-hydrogen) atoms. The van der Waals surface area contributed by atoms with E-state index in [2.05, 4.69) is 36.1 Å². The van der Waals surface area contributed by atoms with Crippen LogP contribution in [0.3, 0.4) is 0 Å². The fourth-order valence-electron chi connectivity index (χ4n) is 2.52. The first-order chi connectivity index (χ1) is 7.81. The van der Waals surface area contributed by atoms with Crippen molar-refractivity contribution in [1.29, 1.82) is 0 Å². The maximum atomic E-state index is 5.12. The number of benzene rings is 1. The second-order valence-corrected chi connectivity index (χ2v) is 4.73. The van der Waals surface area contributed by atoms with Crippen LogP contribution in [0, 0.1) is 5.92 Å². The molecule has 1 aromatic carbocycles. The molecule has 1 unspecified atom stereocenters. The molecule has 0 bridgehead atoms. The lowest BCUT2D eigenvalue weighted by atomic mass is 9.94. The molecule has 1 heterocycles. The third kappa shape index (κ3) is 2.56. The minimum absolute atomic E-state index is 0.762. The average Bonchev–Trinajstić information content (AvgIpc) is 2.29. The van der Waals surface area contributed by atoms with Gasteiger partial charge in [-0.1, -0.05) is 25.1 Å². The molecule has 0 spiro atoms. The Labute approximate surface area is 98.2 Å². The molecule has 0 radical (unpaired) electrons. The van der Waals surface area contributed by atoms with Crippen molar-refractivity contribution in [3.8, 4) is 0 Å². The van der Waals surface area contributed by atoms with Crippen LogP contribution in [0.1, 0.15) is 18.9 Å². The molecule has 0 N–H and O–H groups in total. The number of anilines is 1. The highest BCUT2D eigenvalue weighted by molar-refractivity contribution is 5.55. The Hall–Kier alpha value is -1.02. The van der Waals surface area contributed by atoms with E-state index in [0.717, 1.165) is 25.5 Å². The topological polar surface area (TPSA) is 12.5 Å².